The number of hydrogen-bond donors (Lipinski definition) is 1. The van der Waals surface area contributed by atoms with Gasteiger partial charge >= 0.3 is 0 Å². The maximum Gasteiger partial charge on any atom is 0.267 e. The summed E-state index contributed by atoms with van der Waals surface area (Å²) in [5.74, 6) is 0.250. The van der Waals surface area contributed by atoms with Crippen LogP contribution in [0.1, 0.15) is 35.0 Å². The number of nitrogens with zero attached hydrogens (tertiary/aromatic N) is 1. The van der Waals surface area contributed by atoms with Gasteiger partial charge in [0.15, 0.2) is 4.47 Å². The van der Waals surface area contributed by atoms with Crippen molar-refractivity contribution in [2.45, 2.75) is 19.8 Å². The Bertz CT molecular complexity index is 566. The number of carbonyl (C=O) groups is 1. The molecular formula is C13H13ClN2OS. The SMILES string of the molecule is CC(C)c1cccc(NC(=O)c2cnc(Cl)s2)c1. The fourth-order valence-electron chi connectivity index (χ4n) is 1.53. The zero-order chi connectivity index (χ0) is 13.1. The number of thiazole rings is 1. The van der Waals surface area contributed by atoms with E-state index in [1.54, 1.807) is 0 Å². The third kappa shape index (κ3) is 3.09. The van der Waals surface area contributed by atoms with E-state index in [1.807, 2.05) is 24.3 Å². The highest BCUT2D eigenvalue weighted by atomic mass is 35.5. The third-order valence-corrected chi connectivity index (χ3v) is 3.63. The second kappa shape index (κ2) is 5.50. The van der Waals surface area contributed by atoms with Crippen LogP contribution in [-0.2, 0) is 0 Å². The lowest BCUT2D eigenvalue weighted by molar-refractivity contribution is 0.103. The zero-order valence-electron chi connectivity index (χ0n) is 10.1. The molecule has 0 radical (unpaired) electrons. The molecule has 0 saturated carbocycles. The van der Waals surface area contributed by atoms with Crippen LogP contribution in [0.5, 0.6) is 0 Å². The van der Waals surface area contributed by atoms with Crippen molar-refractivity contribution in [3.05, 3.63) is 45.4 Å². The number of aromatic nitrogens is 1. The van der Waals surface area contributed by atoms with Gasteiger partial charge in [-0.05, 0) is 23.6 Å². The summed E-state index contributed by atoms with van der Waals surface area (Å²) in [4.78, 5) is 16.3. The average Bonchev–Trinajstić information content (AvgIpc) is 2.76. The Morgan fingerprint density at radius 3 is 2.83 bits per heavy atom. The van der Waals surface area contributed by atoms with Crippen molar-refractivity contribution in [3.8, 4) is 0 Å². The van der Waals surface area contributed by atoms with Crippen molar-refractivity contribution in [3.63, 3.8) is 0 Å². The van der Waals surface area contributed by atoms with Crippen molar-refractivity contribution in [2.75, 3.05) is 5.32 Å². The normalized spacial score (nSPS) is 10.7. The maximum atomic E-state index is 11.9. The molecule has 1 N–H and O–H groups in total. The molecule has 1 aromatic carbocycles. The van der Waals surface area contributed by atoms with Crippen molar-refractivity contribution >= 4 is 34.5 Å². The van der Waals surface area contributed by atoms with Crippen LogP contribution in [-0.4, -0.2) is 10.9 Å². The number of benzene rings is 1. The van der Waals surface area contributed by atoms with E-state index in [0.717, 1.165) is 5.69 Å². The van der Waals surface area contributed by atoms with Gasteiger partial charge in [0.1, 0.15) is 4.88 Å². The number of amides is 1. The summed E-state index contributed by atoms with van der Waals surface area (Å²) in [7, 11) is 0. The Labute approximate surface area is 115 Å². The van der Waals surface area contributed by atoms with Gasteiger partial charge < -0.3 is 5.32 Å². The molecule has 0 aliphatic carbocycles. The lowest BCUT2D eigenvalue weighted by Crippen LogP contribution is -2.10. The minimum atomic E-state index is -0.180. The van der Waals surface area contributed by atoms with Gasteiger partial charge in [0, 0.05) is 5.69 Å². The summed E-state index contributed by atoms with van der Waals surface area (Å²) in [6.07, 6.45) is 1.48. The average molecular weight is 281 g/mol. The lowest BCUT2D eigenvalue weighted by Gasteiger charge is -2.08. The molecule has 2 rings (SSSR count). The van der Waals surface area contributed by atoms with E-state index in [2.05, 4.69) is 24.1 Å². The van der Waals surface area contributed by atoms with Crippen LogP contribution in [0.15, 0.2) is 30.5 Å². The van der Waals surface area contributed by atoms with E-state index in [-0.39, 0.29) is 5.91 Å². The lowest BCUT2D eigenvalue weighted by atomic mass is 10.0. The molecular weight excluding hydrogens is 268 g/mol. The van der Waals surface area contributed by atoms with Crippen LogP contribution in [0.3, 0.4) is 0 Å². The van der Waals surface area contributed by atoms with Crippen molar-refractivity contribution in [1.29, 1.82) is 0 Å². The number of nitrogens with one attached hydrogen (secondary N) is 1. The van der Waals surface area contributed by atoms with Crippen molar-refractivity contribution in [2.24, 2.45) is 0 Å². The summed E-state index contributed by atoms with van der Waals surface area (Å²) in [5, 5.41) is 2.84. The number of rotatable bonds is 3. The molecule has 1 amide bonds. The van der Waals surface area contributed by atoms with Crippen LogP contribution in [0.2, 0.25) is 4.47 Å². The van der Waals surface area contributed by atoms with Gasteiger partial charge in [0.2, 0.25) is 0 Å². The van der Waals surface area contributed by atoms with Gasteiger partial charge in [-0.3, -0.25) is 4.79 Å². The van der Waals surface area contributed by atoms with E-state index in [0.29, 0.717) is 15.3 Å². The quantitative estimate of drug-likeness (QED) is 0.917. The summed E-state index contributed by atoms with van der Waals surface area (Å²) >= 11 is 6.87. The Kier molecular flexibility index (Phi) is 3.99. The van der Waals surface area contributed by atoms with E-state index >= 15 is 0 Å². The first-order valence-corrected chi connectivity index (χ1v) is 6.78. The molecule has 0 unspecified atom stereocenters. The van der Waals surface area contributed by atoms with Crippen molar-refractivity contribution < 1.29 is 4.79 Å². The highest BCUT2D eigenvalue weighted by molar-refractivity contribution is 7.17. The first-order chi connectivity index (χ1) is 8.56. The third-order valence-electron chi connectivity index (χ3n) is 2.51. The summed E-state index contributed by atoms with van der Waals surface area (Å²) in [6, 6.07) is 7.83. The molecule has 3 nitrogen and oxygen atoms in total. The van der Waals surface area contributed by atoms with Gasteiger partial charge in [0.05, 0.1) is 6.20 Å². The molecule has 1 aromatic heterocycles. The second-order valence-corrected chi connectivity index (χ2v) is 5.82. The van der Waals surface area contributed by atoms with Crippen LogP contribution < -0.4 is 5.32 Å². The van der Waals surface area contributed by atoms with Gasteiger partial charge in [-0.1, -0.05) is 48.9 Å². The van der Waals surface area contributed by atoms with Gasteiger partial charge in [-0.2, -0.15) is 0 Å². The number of anilines is 1. The molecule has 0 atom stereocenters. The molecule has 94 valence electrons. The second-order valence-electron chi connectivity index (χ2n) is 4.21. The first-order valence-electron chi connectivity index (χ1n) is 5.59. The fourth-order valence-corrected chi connectivity index (χ4v) is 2.36. The Morgan fingerprint density at radius 1 is 1.44 bits per heavy atom. The molecule has 18 heavy (non-hydrogen) atoms. The Morgan fingerprint density at radius 2 is 2.22 bits per heavy atom. The van der Waals surface area contributed by atoms with Gasteiger partial charge in [-0.15, -0.1) is 0 Å². The van der Waals surface area contributed by atoms with Crippen LogP contribution in [0.4, 0.5) is 5.69 Å². The van der Waals surface area contributed by atoms with E-state index in [1.165, 1.54) is 23.1 Å². The topological polar surface area (TPSA) is 42.0 Å². The molecule has 0 aliphatic heterocycles. The molecule has 0 saturated heterocycles. The van der Waals surface area contributed by atoms with Gasteiger partial charge in [0.25, 0.3) is 5.91 Å². The number of halogens is 1. The predicted octanol–water partition coefficient (Wildman–Crippen LogP) is 4.17. The smallest absolute Gasteiger partial charge is 0.267 e. The minimum absolute atomic E-state index is 0.180. The Hall–Kier alpha value is -1.39. The van der Waals surface area contributed by atoms with Gasteiger partial charge in [-0.25, -0.2) is 4.98 Å². The van der Waals surface area contributed by atoms with Crippen LogP contribution in [0.25, 0.3) is 0 Å². The first kappa shape index (κ1) is 13.1. The Balaban J connectivity index is 2.14. The summed E-state index contributed by atoms with van der Waals surface area (Å²) in [6.45, 7) is 4.23. The molecule has 0 aliphatic rings. The molecule has 5 heteroatoms. The van der Waals surface area contributed by atoms with Crippen LogP contribution in [0, 0.1) is 0 Å². The van der Waals surface area contributed by atoms with E-state index < -0.39 is 0 Å². The highest BCUT2D eigenvalue weighted by Crippen LogP contribution is 2.21. The largest absolute Gasteiger partial charge is 0.321 e. The monoisotopic (exact) mass is 280 g/mol. The van der Waals surface area contributed by atoms with E-state index in [4.69, 9.17) is 11.6 Å². The predicted molar refractivity (Wildman–Crippen MR) is 75.6 cm³/mol. The highest BCUT2D eigenvalue weighted by Gasteiger charge is 2.10. The molecule has 0 spiro atoms. The molecule has 0 fully saturated rings. The molecule has 1 heterocycles. The van der Waals surface area contributed by atoms with Crippen molar-refractivity contribution in [1.82, 2.24) is 4.98 Å². The van der Waals surface area contributed by atoms with E-state index in [9.17, 15) is 4.79 Å². The van der Waals surface area contributed by atoms with Crippen LogP contribution >= 0.6 is 22.9 Å². The maximum absolute atomic E-state index is 11.9. The fraction of sp³-hybridized carbons (Fsp3) is 0.231. The number of carbonyl (C=O) groups excluding carboxylic acids is 1. The zero-order valence-corrected chi connectivity index (χ0v) is 11.7. The molecule has 0 bridgehead atoms. The standard InChI is InChI=1S/C13H13ClN2OS/c1-8(2)9-4-3-5-10(6-9)16-12(17)11-7-15-13(14)18-11/h3-8H,1-2H3,(H,16,17). The summed E-state index contributed by atoms with van der Waals surface area (Å²) < 4.78 is 0.371. The summed E-state index contributed by atoms with van der Waals surface area (Å²) in [5.41, 5.74) is 1.98. The molecule has 2 aromatic rings. The minimum Gasteiger partial charge on any atom is -0.321 e. The number of hydrogen-bond acceptors (Lipinski definition) is 3.